The lowest BCUT2D eigenvalue weighted by molar-refractivity contribution is 0.590. The van der Waals surface area contributed by atoms with Gasteiger partial charge in [-0.2, -0.15) is 0 Å². The van der Waals surface area contributed by atoms with Crippen LogP contribution in [0.4, 0.5) is 34.1 Å². The number of fused-ring (bicyclic) bond motifs is 10. The Bertz CT molecular complexity index is 3830. The van der Waals surface area contributed by atoms with Crippen molar-refractivity contribution in [2.24, 2.45) is 0 Å². The van der Waals surface area contributed by atoms with Crippen LogP contribution in [-0.2, 0) is 32.5 Å². The number of hydrogen-bond acceptors (Lipinski definition) is 2. The molecule has 1 aliphatic carbocycles. The number of benzene rings is 8. The van der Waals surface area contributed by atoms with Crippen LogP contribution < -0.4 is 26.2 Å². The molecule has 3 nitrogen and oxygen atoms in total. The van der Waals surface area contributed by atoms with Crippen LogP contribution in [0.3, 0.4) is 0 Å². The summed E-state index contributed by atoms with van der Waals surface area (Å²) in [6.07, 6.45) is 0. The first-order chi connectivity index (χ1) is 35.7. The zero-order chi connectivity index (χ0) is 53.6. The van der Waals surface area contributed by atoms with E-state index in [4.69, 9.17) is 0 Å². The molecule has 9 aromatic rings. The topological polar surface area (TPSA) is 11.4 Å². The molecular weight excluding hydrogens is 918 g/mol. The Hall–Kier alpha value is -7.04. The molecule has 14 rings (SSSR count). The standard InChI is InChI=1S/C72H74BN3/c1-67(2,3)44-25-31-50(32-26-44)74(51-33-27-45(28-34-51)68(4,5)6)52-41-61-64-62(42-52)76-65-55(63-66(76)53-19-17-18-20-56(53)72(63,15)16)38-49(70(10,11)12)39-58(65)73(64)57-35-29-48-40-60(57)75(61)59-36-30-47(69(7,8)9)37-54(59)43-21-23-46(24-22-43)71(48,13)14/h17-42H,1-16H3. The van der Waals surface area contributed by atoms with Gasteiger partial charge in [0.2, 0.25) is 0 Å². The van der Waals surface area contributed by atoms with Crippen molar-refractivity contribution in [1.29, 1.82) is 0 Å². The van der Waals surface area contributed by atoms with Crippen molar-refractivity contribution in [3.05, 3.63) is 202 Å². The second-order valence-corrected chi connectivity index (χ2v) is 28.0. The van der Waals surface area contributed by atoms with E-state index in [0.29, 0.717) is 0 Å². The summed E-state index contributed by atoms with van der Waals surface area (Å²) in [7, 11) is 0. The zero-order valence-electron chi connectivity index (χ0n) is 47.9. The molecule has 5 aliphatic rings. The van der Waals surface area contributed by atoms with Gasteiger partial charge in [0.1, 0.15) is 0 Å². The summed E-state index contributed by atoms with van der Waals surface area (Å²) in [4.78, 5) is 5.22. The summed E-state index contributed by atoms with van der Waals surface area (Å²) in [6, 6.07) is 62.7. The quantitative estimate of drug-likeness (QED) is 0.163. The number of anilines is 6. The van der Waals surface area contributed by atoms with E-state index in [1.165, 1.54) is 117 Å². The van der Waals surface area contributed by atoms with Crippen LogP contribution in [0, 0.1) is 0 Å². The van der Waals surface area contributed by atoms with E-state index in [1.54, 1.807) is 0 Å². The largest absolute Gasteiger partial charge is 0.311 e. The minimum Gasteiger partial charge on any atom is -0.311 e. The van der Waals surface area contributed by atoms with Crippen molar-refractivity contribution in [2.45, 2.75) is 143 Å². The summed E-state index contributed by atoms with van der Waals surface area (Å²) in [6.45, 7) is 37.8. The molecule has 0 spiro atoms. The van der Waals surface area contributed by atoms with Gasteiger partial charge in [-0.05, 0) is 149 Å². The normalized spacial score (nSPS) is 15.5. The molecule has 0 saturated carbocycles. The average Bonchev–Trinajstić information content (AvgIpc) is 4.00. The van der Waals surface area contributed by atoms with Crippen molar-refractivity contribution < 1.29 is 0 Å². The van der Waals surface area contributed by atoms with Gasteiger partial charge in [0, 0.05) is 61.3 Å². The van der Waals surface area contributed by atoms with Gasteiger partial charge in [0.25, 0.3) is 6.71 Å². The molecule has 4 heteroatoms. The highest BCUT2D eigenvalue weighted by Gasteiger charge is 2.48. The molecule has 0 radical (unpaired) electrons. The highest BCUT2D eigenvalue weighted by atomic mass is 15.2. The zero-order valence-corrected chi connectivity index (χ0v) is 47.9. The second-order valence-electron chi connectivity index (χ2n) is 28.0. The van der Waals surface area contributed by atoms with E-state index < -0.39 is 0 Å². The first-order valence-electron chi connectivity index (χ1n) is 28.0. The van der Waals surface area contributed by atoms with Gasteiger partial charge >= 0.3 is 0 Å². The predicted molar refractivity (Wildman–Crippen MR) is 327 cm³/mol. The van der Waals surface area contributed by atoms with Crippen molar-refractivity contribution in [3.63, 3.8) is 0 Å². The van der Waals surface area contributed by atoms with E-state index in [1.807, 2.05) is 0 Å². The van der Waals surface area contributed by atoms with Crippen LogP contribution in [0.5, 0.6) is 0 Å². The third-order valence-corrected chi connectivity index (χ3v) is 18.2. The molecule has 8 aromatic carbocycles. The molecule has 0 N–H and O–H groups in total. The highest BCUT2D eigenvalue weighted by molar-refractivity contribution is 7.00. The minimum atomic E-state index is -0.255. The Morgan fingerprint density at radius 2 is 0.987 bits per heavy atom. The predicted octanol–water partition coefficient (Wildman–Crippen LogP) is 17.5. The van der Waals surface area contributed by atoms with Crippen molar-refractivity contribution >= 4 is 68.1 Å². The van der Waals surface area contributed by atoms with Crippen molar-refractivity contribution in [2.75, 3.05) is 9.80 Å². The molecule has 4 aliphatic heterocycles. The second kappa shape index (κ2) is 15.8. The summed E-state index contributed by atoms with van der Waals surface area (Å²) < 4.78 is 2.74. The fraction of sp³-hybridized carbons (Fsp3) is 0.306. The molecule has 0 saturated heterocycles. The summed E-state index contributed by atoms with van der Waals surface area (Å²) in [5, 5.41) is 1.37. The van der Waals surface area contributed by atoms with Gasteiger partial charge in [0.15, 0.2) is 0 Å². The monoisotopic (exact) mass is 992 g/mol. The van der Waals surface area contributed by atoms with E-state index in [2.05, 4.69) is 283 Å². The Morgan fingerprint density at radius 3 is 1.59 bits per heavy atom. The fourth-order valence-corrected chi connectivity index (χ4v) is 13.6. The molecule has 0 atom stereocenters. The van der Waals surface area contributed by atoms with Crippen molar-refractivity contribution in [1.82, 2.24) is 4.57 Å². The van der Waals surface area contributed by atoms with Crippen LogP contribution in [0.2, 0.25) is 0 Å². The molecule has 76 heavy (non-hydrogen) atoms. The van der Waals surface area contributed by atoms with Crippen LogP contribution in [0.15, 0.2) is 158 Å². The molecule has 0 amide bonds. The summed E-state index contributed by atoms with van der Waals surface area (Å²) >= 11 is 0. The highest BCUT2D eigenvalue weighted by Crippen LogP contribution is 2.56. The lowest BCUT2D eigenvalue weighted by atomic mass is 9.33. The maximum atomic E-state index is 2.74. The number of aromatic nitrogens is 1. The third kappa shape index (κ3) is 7.00. The van der Waals surface area contributed by atoms with Gasteiger partial charge < -0.3 is 14.4 Å². The Kier molecular flexibility index (Phi) is 10.1. The Morgan fingerprint density at radius 1 is 0.421 bits per heavy atom. The van der Waals surface area contributed by atoms with E-state index >= 15 is 0 Å². The number of hydrogen-bond donors (Lipinski definition) is 0. The van der Waals surface area contributed by atoms with E-state index in [9.17, 15) is 0 Å². The van der Waals surface area contributed by atoms with Crippen molar-refractivity contribution in [3.8, 4) is 28.1 Å². The molecule has 1 aromatic heterocycles. The van der Waals surface area contributed by atoms with Gasteiger partial charge in [0.05, 0.1) is 17.1 Å². The van der Waals surface area contributed by atoms with Crippen LogP contribution >= 0.6 is 0 Å². The molecule has 0 unspecified atom stereocenters. The average molecular weight is 992 g/mol. The first kappa shape index (κ1) is 48.6. The van der Waals surface area contributed by atoms with Crippen LogP contribution in [0.25, 0.3) is 39.0 Å². The molecular formula is C72H74BN3. The molecule has 4 bridgehead atoms. The van der Waals surface area contributed by atoms with Gasteiger partial charge in [-0.3, -0.25) is 0 Å². The van der Waals surface area contributed by atoms with E-state index in [-0.39, 0.29) is 39.2 Å². The molecule has 5 heterocycles. The Balaban J connectivity index is 1.22. The maximum Gasteiger partial charge on any atom is 0.252 e. The maximum absolute atomic E-state index is 2.74. The third-order valence-electron chi connectivity index (χ3n) is 18.2. The lowest BCUT2D eigenvalue weighted by Gasteiger charge is -2.43. The van der Waals surface area contributed by atoms with Crippen LogP contribution in [0.1, 0.15) is 155 Å². The Labute approximate surface area is 453 Å². The van der Waals surface area contributed by atoms with Gasteiger partial charge in [-0.1, -0.05) is 208 Å². The smallest absolute Gasteiger partial charge is 0.252 e. The first-order valence-corrected chi connectivity index (χ1v) is 28.0. The van der Waals surface area contributed by atoms with Gasteiger partial charge in [-0.15, -0.1) is 0 Å². The minimum absolute atomic E-state index is 0.0104. The van der Waals surface area contributed by atoms with Gasteiger partial charge in [-0.25, -0.2) is 0 Å². The summed E-state index contributed by atoms with van der Waals surface area (Å²) in [5.74, 6) is 0. The van der Waals surface area contributed by atoms with Crippen LogP contribution in [-0.4, -0.2) is 11.3 Å². The molecule has 380 valence electrons. The molecule has 0 fully saturated rings. The SMILES string of the molecule is CC(C)(C)c1ccc(N(c2ccc(C(C)(C)C)cc2)c2cc3c4c(c2)-n2c5c(c6cc(C(C)(C)C)cc(c62)B4c2ccc4cc2N3c2ccc(C(C)(C)C)cc2-c2ccc(cc2)C4(C)C)C(C)(C)c2ccccc2-5)cc1. The van der Waals surface area contributed by atoms with E-state index in [0.717, 1.165) is 17.1 Å². The summed E-state index contributed by atoms with van der Waals surface area (Å²) in [5.41, 5.74) is 29.0. The lowest BCUT2D eigenvalue weighted by Crippen LogP contribution is -2.60. The number of rotatable bonds is 3. The number of nitrogens with zero attached hydrogens (tertiary/aromatic N) is 3. The fourth-order valence-electron chi connectivity index (χ4n) is 13.6.